The van der Waals surface area contributed by atoms with Crippen LogP contribution in [0.1, 0.15) is 22.8 Å². The molecule has 0 fully saturated rings. The maximum absolute atomic E-state index is 12.7. The van der Waals surface area contributed by atoms with Crippen LogP contribution >= 0.6 is 11.6 Å². The summed E-state index contributed by atoms with van der Waals surface area (Å²) in [5, 5.41) is 5.39. The fourth-order valence-corrected chi connectivity index (χ4v) is 2.25. The van der Waals surface area contributed by atoms with Crippen LogP contribution in [-0.2, 0) is 9.59 Å². The highest BCUT2D eigenvalue weighted by molar-refractivity contribution is 6.31. The van der Waals surface area contributed by atoms with Gasteiger partial charge in [0.2, 0.25) is 11.8 Å². The Balaban J connectivity index is 2.17. The van der Waals surface area contributed by atoms with E-state index in [0.29, 0.717) is 16.3 Å². The maximum atomic E-state index is 12.7. The molecule has 2 aromatic carbocycles. The fraction of sp³-hybridized carbons (Fsp3) is 0.167. The molecule has 1 atom stereocenters. The average Bonchev–Trinajstić information content (AvgIpc) is 2.61. The first kappa shape index (κ1) is 18.6. The SMILES string of the molecule is CC(N)C(=O)NCC(=O)Nc1ccc(Cl)cc1C(=O)c1ccccc1. The van der Waals surface area contributed by atoms with Gasteiger partial charge in [-0.1, -0.05) is 41.9 Å². The van der Waals surface area contributed by atoms with Crippen LogP contribution in [0.15, 0.2) is 48.5 Å². The van der Waals surface area contributed by atoms with E-state index in [-0.39, 0.29) is 17.9 Å². The van der Waals surface area contributed by atoms with Crippen molar-refractivity contribution in [3.05, 3.63) is 64.7 Å². The highest BCUT2D eigenvalue weighted by Crippen LogP contribution is 2.23. The third-order valence-electron chi connectivity index (χ3n) is 3.37. The van der Waals surface area contributed by atoms with E-state index in [4.69, 9.17) is 17.3 Å². The monoisotopic (exact) mass is 359 g/mol. The first-order valence-electron chi connectivity index (χ1n) is 7.61. The number of hydrogen-bond acceptors (Lipinski definition) is 4. The zero-order valence-electron chi connectivity index (χ0n) is 13.6. The summed E-state index contributed by atoms with van der Waals surface area (Å²) in [5.74, 6) is -1.18. The number of hydrogen-bond donors (Lipinski definition) is 3. The van der Waals surface area contributed by atoms with Gasteiger partial charge in [-0.25, -0.2) is 0 Å². The van der Waals surface area contributed by atoms with Gasteiger partial charge in [0.25, 0.3) is 0 Å². The quantitative estimate of drug-likeness (QED) is 0.686. The smallest absolute Gasteiger partial charge is 0.243 e. The summed E-state index contributed by atoms with van der Waals surface area (Å²) in [6, 6.07) is 12.6. The van der Waals surface area contributed by atoms with E-state index < -0.39 is 17.9 Å². The number of carbonyl (C=O) groups excluding carboxylic acids is 3. The Morgan fingerprint density at radius 2 is 1.80 bits per heavy atom. The van der Waals surface area contributed by atoms with Crippen molar-refractivity contribution in [3.63, 3.8) is 0 Å². The highest BCUT2D eigenvalue weighted by Gasteiger charge is 2.16. The van der Waals surface area contributed by atoms with Gasteiger partial charge in [0.15, 0.2) is 5.78 Å². The molecular formula is C18H18ClN3O3. The number of amides is 2. The molecule has 1 unspecified atom stereocenters. The summed E-state index contributed by atoms with van der Waals surface area (Å²) >= 11 is 5.99. The number of benzene rings is 2. The number of carbonyl (C=O) groups is 3. The standard InChI is InChI=1S/C18H18ClN3O3/c1-11(20)18(25)21-10-16(23)22-15-8-7-13(19)9-14(15)17(24)12-5-3-2-4-6-12/h2-9,11H,10,20H2,1H3,(H,21,25)(H,22,23). The molecular weight excluding hydrogens is 342 g/mol. The minimum absolute atomic E-state index is 0.248. The topological polar surface area (TPSA) is 101 Å². The van der Waals surface area contributed by atoms with E-state index in [1.165, 1.54) is 13.0 Å². The second kappa shape index (κ2) is 8.41. The molecule has 0 aliphatic heterocycles. The Morgan fingerprint density at radius 3 is 2.44 bits per heavy atom. The first-order valence-corrected chi connectivity index (χ1v) is 7.98. The molecule has 0 radical (unpaired) electrons. The molecule has 2 aromatic rings. The molecule has 130 valence electrons. The minimum atomic E-state index is -0.710. The van der Waals surface area contributed by atoms with Gasteiger partial charge in [-0.05, 0) is 25.1 Å². The Bertz CT molecular complexity index is 791. The molecule has 25 heavy (non-hydrogen) atoms. The summed E-state index contributed by atoms with van der Waals surface area (Å²) in [7, 11) is 0. The molecule has 0 aromatic heterocycles. The third-order valence-corrected chi connectivity index (χ3v) is 3.61. The Labute approximate surface area is 150 Å². The van der Waals surface area contributed by atoms with Crippen molar-refractivity contribution < 1.29 is 14.4 Å². The van der Waals surface area contributed by atoms with Crippen LogP contribution in [0, 0.1) is 0 Å². The number of halogens is 1. The number of rotatable bonds is 6. The van der Waals surface area contributed by atoms with Gasteiger partial charge >= 0.3 is 0 Å². The summed E-state index contributed by atoms with van der Waals surface area (Å²) in [6.45, 7) is 1.27. The van der Waals surface area contributed by atoms with Crippen molar-refractivity contribution in [3.8, 4) is 0 Å². The van der Waals surface area contributed by atoms with Gasteiger partial charge < -0.3 is 16.4 Å². The van der Waals surface area contributed by atoms with Crippen molar-refractivity contribution in [1.82, 2.24) is 5.32 Å². The average molecular weight is 360 g/mol. The van der Waals surface area contributed by atoms with E-state index in [2.05, 4.69) is 10.6 Å². The minimum Gasteiger partial charge on any atom is -0.346 e. The molecule has 0 bridgehead atoms. The van der Waals surface area contributed by atoms with Crippen LogP contribution < -0.4 is 16.4 Å². The molecule has 4 N–H and O–H groups in total. The van der Waals surface area contributed by atoms with Crippen molar-refractivity contribution in [2.24, 2.45) is 5.73 Å². The first-order chi connectivity index (χ1) is 11.9. The number of anilines is 1. The largest absolute Gasteiger partial charge is 0.346 e. The van der Waals surface area contributed by atoms with Crippen LogP contribution in [0.25, 0.3) is 0 Å². The predicted octanol–water partition coefficient (Wildman–Crippen LogP) is 1.97. The molecule has 6 nitrogen and oxygen atoms in total. The van der Waals surface area contributed by atoms with E-state index in [9.17, 15) is 14.4 Å². The summed E-state index contributed by atoms with van der Waals surface area (Å²) in [4.78, 5) is 36.1. The molecule has 0 saturated carbocycles. The van der Waals surface area contributed by atoms with Gasteiger partial charge in [-0.15, -0.1) is 0 Å². The van der Waals surface area contributed by atoms with Crippen molar-refractivity contribution >= 4 is 34.9 Å². The second-order valence-corrected chi connectivity index (χ2v) is 5.88. The molecule has 0 aliphatic rings. The van der Waals surface area contributed by atoms with Crippen molar-refractivity contribution in [2.75, 3.05) is 11.9 Å². The lowest BCUT2D eigenvalue weighted by Gasteiger charge is -2.12. The van der Waals surface area contributed by atoms with E-state index in [1.54, 1.807) is 42.5 Å². The summed E-state index contributed by atoms with van der Waals surface area (Å²) in [6.07, 6.45) is 0. The van der Waals surface area contributed by atoms with Gasteiger partial charge in [0, 0.05) is 16.1 Å². The lowest BCUT2D eigenvalue weighted by atomic mass is 10.0. The van der Waals surface area contributed by atoms with Gasteiger partial charge in [-0.3, -0.25) is 14.4 Å². The lowest BCUT2D eigenvalue weighted by Crippen LogP contribution is -2.42. The van der Waals surface area contributed by atoms with Crippen molar-refractivity contribution in [2.45, 2.75) is 13.0 Å². The third kappa shape index (κ3) is 5.14. The number of ketones is 1. The zero-order chi connectivity index (χ0) is 18.4. The fourth-order valence-electron chi connectivity index (χ4n) is 2.08. The number of nitrogens with one attached hydrogen (secondary N) is 2. The summed E-state index contributed by atoms with van der Waals surface area (Å²) in [5.41, 5.74) is 6.48. The van der Waals surface area contributed by atoms with Crippen molar-refractivity contribution in [1.29, 1.82) is 0 Å². The highest BCUT2D eigenvalue weighted by atomic mass is 35.5. The van der Waals surface area contributed by atoms with Crippen LogP contribution in [-0.4, -0.2) is 30.2 Å². The van der Waals surface area contributed by atoms with Crippen LogP contribution in [0.5, 0.6) is 0 Å². The molecule has 0 spiro atoms. The normalized spacial score (nSPS) is 11.5. The Hall–Kier alpha value is -2.70. The molecule has 2 rings (SSSR count). The second-order valence-electron chi connectivity index (χ2n) is 5.44. The van der Waals surface area contributed by atoms with Gasteiger partial charge in [0.05, 0.1) is 18.3 Å². The van der Waals surface area contributed by atoms with E-state index in [1.807, 2.05) is 0 Å². The Morgan fingerprint density at radius 1 is 1.12 bits per heavy atom. The van der Waals surface area contributed by atoms with Gasteiger partial charge in [-0.2, -0.15) is 0 Å². The van der Waals surface area contributed by atoms with E-state index >= 15 is 0 Å². The molecule has 0 heterocycles. The van der Waals surface area contributed by atoms with E-state index in [0.717, 1.165) is 0 Å². The van der Waals surface area contributed by atoms with Crippen LogP contribution in [0.2, 0.25) is 5.02 Å². The summed E-state index contributed by atoms with van der Waals surface area (Å²) < 4.78 is 0. The molecule has 2 amide bonds. The lowest BCUT2D eigenvalue weighted by molar-refractivity contribution is -0.124. The molecule has 7 heteroatoms. The maximum Gasteiger partial charge on any atom is 0.243 e. The van der Waals surface area contributed by atoms with Crippen LogP contribution in [0.3, 0.4) is 0 Å². The predicted molar refractivity (Wildman–Crippen MR) is 96.6 cm³/mol. The molecule has 0 saturated heterocycles. The number of nitrogens with two attached hydrogens (primary N) is 1. The molecule has 0 aliphatic carbocycles. The zero-order valence-corrected chi connectivity index (χ0v) is 14.3. The van der Waals surface area contributed by atoms with Gasteiger partial charge in [0.1, 0.15) is 0 Å². The van der Waals surface area contributed by atoms with Crippen LogP contribution in [0.4, 0.5) is 5.69 Å². The Kier molecular flexibility index (Phi) is 6.27.